The number of halogens is 2. The van der Waals surface area contributed by atoms with Gasteiger partial charge in [-0.05, 0) is 62.5 Å². The first-order valence-electron chi connectivity index (χ1n) is 9.46. The van der Waals surface area contributed by atoms with Gasteiger partial charge in [-0.2, -0.15) is 5.10 Å². The summed E-state index contributed by atoms with van der Waals surface area (Å²) in [5.74, 6) is 0.416. The smallest absolute Gasteiger partial charge is 0.257 e. The largest absolute Gasteiger partial charge is 0.339 e. The molecule has 1 aliphatic heterocycles. The molecule has 2 heterocycles. The molecule has 1 saturated heterocycles. The van der Waals surface area contributed by atoms with Crippen molar-refractivity contribution in [1.82, 2.24) is 20.0 Å². The van der Waals surface area contributed by atoms with Gasteiger partial charge < -0.3 is 10.2 Å². The van der Waals surface area contributed by atoms with E-state index < -0.39 is 0 Å². The van der Waals surface area contributed by atoms with E-state index in [9.17, 15) is 9.18 Å². The van der Waals surface area contributed by atoms with Crippen molar-refractivity contribution in [2.45, 2.75) is 33.1 Å². The molecule has 148 valence electrons. The van der Waals surface area contributed by atoms with Gasteiger partial charge in [0.25, 0.3) is 5.91 Å². The number of carbonyl (C=O) groups excluding carboxylic acids is 1. The number of piperidine rings is 1. The number of aromatic nitrogens is 2. The van der Waals surface area contributed by atoms with Crippen LogP contribution in [0.1, 0.15) is 42.7 Å². The number of rotatable bonds is 6. The molecule has 0 unspecified atom stereocenters. The molecule has 0 radical (unpaired) electrons. The van der Waals surface area contributed by atoms with Gasteiger partial charge in [0.15, 0.2) is 0 Å². The Balaban J connectivity index is 0.00000261. The fraction of sp³-hybridized carbons (Fsp3) is 0.500. The van der Waals surface area contributed by atoms with E-state index in [2.05, 4.69) is 17.3 Å². The second-order valence-corrected chi connectivity index (χ2v) is 6.79. The highest BCUT2D eigenvalue weighted by molar-refractivity contribution is 5.95. The van der Waals surface area contributed by atoms with Gasteiger partial charge in [-0.1, -0.05) is 13.8 Å². The molecule has 27 heavy (non-hydrogen) atoms. The van der Waals surface area contributed by atoms with Gasteiger partial charge in [0, 0.05) is 13.1 Å². The molecule has 0 atom stereocenters. The Morgan fingerprint density at radius 1 is 1.22 bits per heavy atom. The lowest BCUT2D eigenvalue weighted by Gasteiger charge is -2.32. The quantitative estimate of drug-likeness (QED) is 0.816. The number of hydrogen-bond donors (Lipinski definition) is 1. The van der Waals surface area contributed by atoms with Crippen molar-refractivity contribution in [2.75, 3.05) is 26.2 Å². The third kappa shape index (κ3) is 4.87. The average molecular weight is 395 g/mol. The standard InChI is InChI=1S/C20H27FN4O.ClH/c1-3-19-18(14-23-25(19)17-7-5-16(21)6-8-17)20(26)24-11-9-15(10-12-24)13-22-4-2;/h5-8,14-15,22H,3-4,9-13H2,1-2H3;1H. The predicted molar refractivity (Wildman–Crippen MR) is 107 cm³/mol. The maximum atomic E-state index is 13.2. The van der Waals surface area contributed by atoms with E-state index in [4.69, 9.17) is 0 Å². The van der Waals surface area contributed by atoms with Gasteiger partial charge in [0.2, 0.25) is 0 Å². The molecule has 1 aliphatic rings. The minimum Gasteiger partial charge on any atom is -0.339 e. The lowest BCUT2D eigenvalue weighted by Crippen LogP contribution is -2.41. The zero-order valence-electron chi connectivity index (χ0n) is 15.9. The fourth-order valence-corrected chi connectivity index (χ4v) is 3.56. The van der Waals surface area contributed by atoms with Gasteiger partial charge in [-0.3, -0.25) is 4.79 Å². The normalized spacial score (nSPS) is 14.9. The average Bonchev–Trinajstić information content (AvgIpc) is 3.10. The molecule has 0 saturated carbocycles. The van der Waals surface area contributed by atoms with Gasteiger partial charge in [-0.25, -0.2) is 9.07 Å². The molecule has 5 nitrogen and oxygen atoms in total. The number of carbonyl (C=O) groups is 1. The van der Waals surface area contributed by atoms with Crippen LogP contribution in [-0.2, 0) is 6.42 Å². The lowest BCUT2D eigenvalue weighted by atomic mass is 9.96. The van der Waals surface area contributed by atoms with E-state index in [1.165, 1.54) is 12.1 Å². The first-order valence-corrected chi connectivity index (χ1v) is 9.46. The molecule has 0 spiro atoms. The van der Waals surface area contributed by atoms with Crippen molar-refractivity contribution in [3.63, 3.8) is 0 Å². The van der Waals surface area contributed by atoms with Crippen LogP contribution in [-0.4, -0.2) is 46.8 Å². The maximum absolute atomic E-state index is 13.2. The Bertz CT molecular complexity index is 739. The van der Waals surface area contributed by atoms with E-state index in [1.54, 1.807) is 23.0 Å². The van der Waals surface area contributed by atoms with Crippen LogP contribution in [0.3, 0.4) is 0 Å². The Labute approximate surface area is 166 Å². The molecule has 2 aromatic rings. The molecule has 1 aromatic carbocycles. The third-order valence-corrected chi connectivity index (χ3v) is 5.09. The number of likely N-dealkylation sites (tertiary alicyclic amines) is 1. The Hall–Kier alpha value is -1.92. The Morgan fingerprint density at radius 2 is 1.89 bits per heavy atom. The van der Waals surface area contributed by atoms with Crippen molar-refractivity contribution >= 4 is 18.3 Å². The van der Waals surface area contributed by atoms with Crippen LogP contribution in [0.2, 0.25) is 0 Å². The summed E-state index contributed by atoms with van der Waals surface area (Å²) in [6.45, 7) is 7.72. The summed E-state index contributed by atoms with van der Waals surface area (Å²) >= 11 is 0. The van der Waals surface area contributed by atoms with Crippen molar-refractivity contribution in [1.29, 1.82) is 0 Å². The van der Waals surface area contributed by atoms with Crippen molar-refractivity contribution < 1.29 is 9.18 Å². The van der Waals surface area contributed by atoms with E-state index in [1.807, 2.05) is 11.8 Å². The molecule has 0 bridgehead atoms. The number of benzene rings is 1. The first-order chi connectivity index (χ1) is 12.6. The van der Waals surface area contributed by atoms with E-state index in [-0.39, 0.29) is 24.1 Å². The molecule has 1 N–H and O–H groups in total. The summed E-state index contributed by atoms with van der Waals surface area (Å²) in [4.78, 5) is 14.9. The molecule has 0 aliphatic carbocycles. The third-order valence-electron chi connectivity index (χ3n) is 5.09. The lowest BCUT2D eigenvalue weighted by molar-refractivity contribution is 0.0689. The minimum atomic E-state index is -0.282. The van der Waals surface area contributed by atoms with Gasteiger partial charge in [-0.15, -0.1) is 12.4 Å². The zero-order valence-corrected chi connectivity index (χ0v) is 16.8. The molecule has 1 fully saturated rings. The summed E-state index contributed by atoms with van der Waals surface area (Å²) in [7, 11) is 0. The summed E-state index contributed by atoms with van der Waals surface area (Å²) in [6.07, 6.45) is 4.41. The topological polar surface area (TPSA) is 50.2 Å². The fourth-order valence-electron chi connectivity index (χ4n) is 3.56. The SMILES string of the molecule is CCNCC1CCN(C(=O)c2cnn(-c3ccc(F)cc3)c2CC)CC1.Cl. The van der Waals surface area contributed by atoms with E-state index in [0.29, 0.717) is 17.9 Å². The van der Waals surface area contributed by atoms with Crippen molar-refractivity contribution in [3.05, 3.63) is 47.5 Å². The van der Waals surface area contributed by atoms with Crippen LogP contribution in [0, 0.1) is 11.7 Å². The molecule has 7 heteroatoms. The van der Waals surface area contributed by atoms with E-state index in [0.717, 1.165) is 50.4 Å². The van der Waals surface area contributed by atoms with Crippen molar-refractivity contribution in [2.24, 2.45) is 5.92 Å². The predicted octanol–water partition coefficient (Wildman–Crippen LogP) is 3.46. The summed E-state index contributed by atoms with van der Waals surface area (Å²) in [5, 5.41) is 7.79. The van der Waals surface area contributed by atoms with Crippen LogP contribution >= 0.6 is 12.4 Å². The molecular weight excluding hydrogens is 367 g/mol. The summed E-state index contributed by atoms with van der Waals surface area (Å²) in [6, 6.07) is 6.18. The van der Waals surface area contributed by atoms with Gasteiger partial charge >= 0.3 is 0 Å². The number of amides is 1. The molecule has 3 rings (SSSR count). The highest BCUT2D eigenvalue weighted by Crippen LogP contribution is 2.22. The number of nitrogens with zero attached hydrogens (tertiary/aromatic N) is 3. The summed E-state index contributed by atoms with van der Waals surface area (Å²) < 4.78 is 14.9. The minimum absolute atomic E-state index is 0. The highest BCUT2D eigenvalue weighted by atomic mass is 35.5. The first kappa shape index (κ1) is 21.4. The monoisotopic (exact) mass is 394 g/mol. The Morgan fingerprint density at radius 3 is 2.48 bits per heavy atom. The second kappa shape index (κ2) is 9.85. The van der Waals surface area contributed by atoms with Gasteiger partial charge in [0.05, 0.1) is 23.1 Å². The zero-order chi connectivity index (χ0) is 18.5. The summed E-state index contributed by atoms with van der Waals surface area (Å²) in [5.41, 5.74) is 2.30. The van der Waals surface area contributed by atoms with Crippen LogP contribution in [0.5, 0.6) is 0 Å². The van der Waals surface area contributed by atoms with Crippen molar-refractivity contribution in [3.8, 4) is 5.69 Å². The van der Waals surface area contributed by atoms with E-state index >= 15 is 0 Å². The molecular formula is C20H28ClFN4O. The van der Waals surface area contributed by atoms with Crippen LogP contribution in [0.4, 0.5) is 4.39 Å². The highest BCUT2D eigenvalue weighted by Gasteiger charge is 2.26. The van der Waals surface area contributed by atoms with Crippen LogP contribution in [0.25, 0.3) is 5.69 Å². The number of hydrogen-bond acceptors (Lipinski definition) is 3. The number of nitrogens with one attached hydrogen (secondary N) is 1. The van der Waals surface area contributed by atoms with Crippen LogP contribution < -0.4 is 5.32 Å². The molecule has 1 amide bonds. The second-order valence-electron chi connectivity index (χ2n) is 6.79. The van der Waals surface area contributed by atoms with Gasteiger partial charge in [0.1, 0.15) is 5.82 Å². The van der Waals surface area contributed by atoms with Crippen LogP contribution in [0.15, 0.2) is 30.5 Å². The maximum Gasteiger partial charge on any atom is 0.257 e. The molecule has 1 aromatic heterocycles. The Kier molecular flexibility index (Phi) is 7.80.